The molecule has 0 aromatic heterocycles. The second-order valence-electron chi connectivity index (χ2n) is 7.80. The zero-order chi connectivity index (χ0) is 22.7. The largest absolute Gasteiger partial charge is 0.430 e. The van der Waals surface area contributed by atoms with Crippen LogP contribution in [0.25, 0.3) is 0 Å². The van der Waals surface area contributed by atoms with Crippen LogP contribution in [-0.2, 0) is 9.63 Å². The summed E-state index contributed by atoms with van der Waals surface area (Å²) in [4.78, 5) is 34.5. The van der Waals surface area contributed by atoms with Gasteiger partial charge in [0, 0.05) is 49.0 Å². The number of halogens is 2. The van der Waals surface area contributed by atoms with Gasteiger partial charge in [-0.05, 0) is 48.5 Å². The molecule has 2 aliphatic heterocycles. The molecule has 170 valence electrons. The number of hydroxylamine groups is 2. The van der Waals surface area contributed by atoms with Gasteiger partial charge in [0.15, 0.2) is 0 Å². The molecule has 2 saturated heterocycles. The van der Waals surface area contributed by atoms with Gasteiger partial charge in [0.05, 0.1) is 12.6 Å². The topological polar surface area (TPSA) is 85.3 Å². The lowest BCUT2D eigenvalue weighted by molar-refractivity contribution is -0.155. The minimum Gasteiger partial charge on any atom is -0.392 e. The van der Waals surface area contributed by atoms with Crippen LogP contribution >= 0.6 is 11.6 Å². The fraction of sp³-hybridized carbons (Fsp3) is 0.364. The molecule has 0 bridgehead atoms. The summed E-state index contributed by atoms with van der Waals surface area (Å²) in [6.07, 6.45) is -1.33. The lowest BCUT2D eigenvalue weighted by Gasteiger charge is -2.38. The van der Waals surface area contributed by atoms with Crippen molar-refractivity contribution in [2.45, 2.75) is 18.6 Å². The maximum atomic E-state index is 13.1. The van der Waals surface area contributed by atoms with Gasteiger partial charge in [-0.3, -0.25) is 10.1 Å². The van der Waals surface area contributed by atoms with Crippen molar-refractivity contribution in [3.05, 3.63) is 59.4 Å². The molecule has 2 aliphatic rings. The van der Waals surface area contributed by atoms with E-state index in [9.17, 15) is 19.1 Å². The number of nitrogens with zero attached hydrogens (tertiary/aromatic N) is 3. The maximum Gasteiger partial charge on any atom is 0.430 e. The molecule has 10 heteroatoms. The number of amides is 2. The Morgan fingerprint density at radius 3 is 2.34 bits per heavy atom. The molecule has 2 aromatic carbocycles. The molecule has 2 aromatic rings. The van der Waals surface area contributed by atoms with Crippen molar-refractivity contribution < 1.29 is 23.9 Å². The standard InChI is InChI=1S/C22H24ClFN4O4/c23-15-1-5-17(6-2-15)25-22(31)32-28-14-19(29)13-20(28)21(30)27-11-9-26(10-12-27)18-7-3-16(24)4-8-18/h1-8,19-20,29H,9-14H2,(H,25,31)/t19-,20-/m1/s1. The van der Waals surface area contributed by atoms with Gasteiger partial charge >= 0.3 is 6.09 Å². The quantitative estimate of drug-likeness (QED) is 0.726. The summed E-state index contributed by atoms with van der Waals surface area (Å²) in [6.45, 7) is 2.22. The van der Waals surface area contributed by atoms with E-state index in [0.29, 0.717) is 36.9 Å². The number of carbonyl (C=O) groups excluding carboxylic acids is 2. The van der Waals surface area contributed by atoms with Crippen LogP contribution in [0.15, 0.2) is 48.5 Å². The highest BCUT2D eigenvalue weighted by atomic mass is 35.5. The summed E-state index contributed by atoms with van der Waals surface area (Å²) in [7, 11) is 0. The van der Waals surface area contributed by atoms with Crippen molar-refractivity contribution in [3.8, 4) is 0 Å². The lowest BCUT2D eigenvalue weighted by Crippen LogP contribution is -2.54. The molecule has 0 aliphatic carbocycles. The van der Waals surface area contributed by atoms with Crippen LogP contribution in [0.1, 0.15) is 6.42 Å². The van der Waals surface area contributed by atoms with Gasteiger partial charge in [-0.1, -0.05) is 11.6 Å². The molecule has 2 N–H and O–H groups in total. The van der Waals surface area contributed by atoms with E-state index in [1.807, 2.05) is 0 Å². The van der Waals surface area contributed by atoms with Gasteiger partial charge in [-0.2, -0.15) is 0 Å². The molecule has 2 atom stereocenters. The molecule has 0 unspecified atom stereocenters. The van der Waals surface area contributed by atoms with Crippen molar-refractivity contribution in [1.82, 2.24) is 9.96 Å². The van der Waals surface area contributed by atoms with Crippen molar-refractivity contribution in [1.29, 1.82) is 0 Å². The number of carbonyl (C=O) groups is 2. The third kappa shape index (κ3) is 5.29. The van der Waals surface area contributed by atoms with E-state index in [1.54, 1.807) is 41.3 Å². The number of nitrogens with one attached hydrogen (secondary N) is 1. The van der Waals surface area contributed by atoms with Crippen LogP contribution in [0, 0.1) is 5.82 Å². The Balaban J connectivity index is 1.33. The highest BCUT2D eigenvalue weighted by Gasteiger charge is 2.41. The first-order valence-electron chi connectivity index (χ1n) is 10.4. The highest BCUT2D eigenvalue weighted by molar-refractivity contribution is 6.30. The molecule has 32 heavy (non-hydrogen) atoms. The minimum absolute atomic E-state index is 0.0555. The van der Waals surface area contributed by atoms with Crippen LogP contribution in [0.2, 0.25) is 5.02 Å². The van der Waals surface area contributed by atoms with Gasteiger partial charge in [-0.15, -0.1) is 5.06 Å². The number of β-amino-alcohol motifs (C(OH)–C–C–N with tert-alkyl or cyclic N) is 1. The second kappa shape index (κ2) is 9.72. The summed E-state index contributed by atoms with van der Waals surface area (Å²) in [6, 6.07) is 12.0. The number of piperazine rings is 1. The number of aliphatic hydroxyl groups excluding tert-OH is 1. The molecule has 2 heterocycles. The van der Waals surface area contributed by atoms with E-state index in [-0.39, 0.29) is 24.7 Å². The van der Waals surface area contributed by atoms with Gasteiger partial charge in [-0.25, -0.2) is 9.18 Å². The molecule has 2 fully saturated rings. The Morgan fingerprint density at radius 1 is 1.03 bits per heavy atom. The summed E-state index contributed by atoms with van der Waals surface area (Å²) >= 11 is 5.84. The van der Waals surface area contributed by atoms with E-state index in [0.717, 1.165) is 5.69 Å². The Morgan fingerprint density at radius 2 is 1.69 bits per heavy atom. The van der Waals surface area contributed by atoms with Crippen LogP contribution in [0.5, 0.6) is 0 Å². The normalized spacial score (nSPS) is 21.5. The Kier molecular flexibility index (Phi) is 6.78. The number of anilines is 2. The number of hydrogen-bond donors (Lipinski definition) is 2. The zero-order valence-corrected chi connectivity index (χ0v) is 18.0. The highest BCUT2D eigenvalue weighted by Crippen LogP contribution is 2.23. The zero-order valence-electron chi connectivity index (χ0n) is 17.3. The predicted octanol–water partition coefficient (Wildman–Crippen LogP) is 2.73. The van der Waals surface area contributed by atoms with Crippen molar-refractivity contribution >= 4 is 35.0 Å². The van der Waals surface area contributed by atoms with Crippen molar-refractivity contribution in [3.63, 3.8) is 0 Å². The summed E-state index contributed by atoms with van der Waals surface area (Å²) in [5.74, 6) is -0.484. The molecule has 0 saturated carbocycles. The molecule has 2 amide bonds. The third-order valence-electron chi connectivity index (χ3n) is 5.59. The molecule has 4 rings (SSSR count). The van der Waals surface area contributed by atoms with E-state index in [2.05, 4.69) is 10.2 Å². The molecule has 0 radical (unpaired) electrons. The minimum atomic E-state index is -0.771. The van der Waals surface area contributed by atoms with Crippen LogP contribution in [0.3, 0.4) is 0 Å². The average molecular weight is 463 g/mol. The van der Waals surface area contributed by atoms with Crippen molar-refractivity contribution in [2.75, 3.05) is 42.9 Å². The fourth-order valence-electron chi connectivity index (χ4n) is 3.94. The van der Waals surface area contributed by atoms with E-state index >= 15 is 0 Å². The maximum absolute atomic E-state index is 13.1. The van der Waals surface area contributed by atoms with E-state index in [4.69, 9.17) is 16.4 Å². The summed E-state index contributed by atoms with van der Waals surface area (Å²) < 4.78 is 13.1. The SMILES string of the molecule is O=C(Nc1ccc(Cl)cc1)ON1C[C@H](O)C[C@@H]1C(=O)N1CCN(c2ccc(F)cc2)CC1. The van der Waals surface area contributed by atoms with E-state index in [1.165, 1.54) is 17.2 Å². The van der Waals surface area contributed by atoms with Gasteiger partial charge in [0.25, 0.3) is 0 Å². The number of aliphatic hydroxyl groups is 1. The number of hydrogen-bond acceptors (Lipinski definition) is 6. The Bertz CT molecular complexity index is 951. The Labute approximate surface area is 190 Å². The summed E-state index contributed by atoms with van der Waals surface area (Å²) in [5.41, 5.74) is 1.40. The van der Waals surface area contributed by atoms with Gasteiger partial charge < -0.3 is 19.7 Å². The first kappa shape index (κ1) is 22.3. The van der Waals surface area contributed by atoms with Gasteiger partial charge in [0.1, 0.15) is 11.9 Å². The number of rotatable bonds is 4. The predicted molar refractivity (Wildman–Crippen MR) is 118 cm³/mol. The Hall–Kier alpha value is -2.88. The van der Waals surface area contributed by atoms with Gasteiger partial charge in [0.2, 0.25) is 5.91 Å². The van der Waals surface area contributed by atoms with Crippen molar-refractivity contribution in [2.24, 2.45) is 0 Å². The van der Waals surface area contributed by atoms with Crippen LogP contribution < -0.4 is 10.2 Å². The molecular weight excluding hydrogens is 439 g/mol. The fourth-order valence-corrected chi connectivity index (χ4v) is 4.06. The molecular formula is C22H24ClFN4O4. The molecule has 8 nitrogen and oxygen atoms in total. The first-order chi connectivity index (χ1) is 15.4. The molecule has 0 spiro atoms. The van der Waals surface area contributed by atoms with Crippen LogP contribution in [0.4, 0.5) is 20.6 Å². The number of benzene rings is 2. The monoisotopic (exact) mass is 462 g/mol. The summed E-state index contributed by atoms with van der Waals surface area (Å²) in [5, 5.41) is 14.4. The average Bonchev–Trinajstić information content (AvgIpc) is 3.15. The lowest BCUT2D eigenvalue weighted by atomic mass is 10.1. The van der Waals surface area contributed by atoms with E-state index < -0.39 is 18.2 Å². The third-order valence-corrected chi connectivity index (χ3v) is 5.84. The van der Waals surface area contributed by atoms with Crippen LogP contribution in [-0.4, -0.2) is 71.9 Å². The smallest absolute Gasteiger partial charge is 0.392 e. The first-order valence-corrected chi connectivity index (χ1v) is 10.8. The second-order valence-corrected chi connectivity index (χ2v) is 8.24.